The average molecular weight is 336 g/mol. The quantitative estimate of drug-likeness (QED) is 0.646. The maximum Gasteiger partial charge on any atom is 0.329 e. The Morgan fingerprint density at radius 3 is 2.43 bits per heavy atom. The number of carboxylic acids is 1. The van der Waals surface area contributed by atoms with Crippen LogP contribution in [0.25, 0.3) is 0 Å². The Kier molecular flexibility index (Phi) is 5.56. The molecule has 1 aromatic carbocycles. The summed E-state index contributed by atoms with van der Waals surface area (Å²) in [5.41, 5.74) is 0.356. The van der Waals surface area contributed by atoms with Crippen LogP contribution in [0.1, 0.15) is 11.7 Å². The van der Waals surface area contributed by atoms with E-state index in [0.717, 1.165) is 0 Å². The molecule has 0 saturated heterocycles. The minimum Gasteiger partial charge on any atom is -0.497 e. The monoisotopic (exact) mass is 336 g/mol. The Balaban J connectivity index is 2.07. The summed E-state index contributed by atoms with van der Waals surface area (Å²) in [6.45, 7) is 0. The number of carboxylic acid groups (broad SMARTS) is 1. The molecule has 2 unspecified atom stereocenters. The number of ether oxygens (including phenoxy) is 1. The molecule has 122 valence electrons. The van der Waals surface area contributed by atoms with Crippen LogP contribution in [-0.2, 0) is 4.79 Å². The number of hydrogen-bond acceptors (Lipinski definition) is 5. The third-order valence-electron chi connectivity index (χ3n) is 3.08. The first kappa shape index (κ1) is 16.8. The topological polar surface area (TPSA) is 108 Å². The zero-order chi connectivity index (χ0) is 16.8. The summed E-state index contributed by atoms with van der Waals surface area (Å²) >= 11 is 1.30. The molecule has 2 rings (SSSR count). The maximum absolute atomic E-state index is 11.9. The molecular formula is C15H16N2O5S. The number of rotatable bonds is 6. The Hall–Kier alpha value is -2.58. The van der Waals surface area contributed by atoms with Crippen molar-refractivity contribution in [2.45, 2.75) is 12.1 Å². The van der Waals surface area contributed by atoms with Gasteiger partial charge in [-0.2, -0.15) is 0 Å². The zero-order valence-corrected chi connectivity index (χ0v) is 13.0. The van der Waals surface area contributed by atoms with Crippen LogP contribution in [0.3, 0.4) is 0 Å². The van der Waals surface area contributed by atoms with E-state index in [1.165, 1.54) is 30.6 Å². The first-order valence-electron chi connectivity index (χ1n) is 6.67. The summed E-state index contributed by atoms with van der Waals surface area (Å²) in [4.78, 5) is 23.2. The van der Waals surface area contributed by atoms with Crippen molar-refractivity contribution in [3.8, 4) is 5.75 Å². The zero-order valence-electron chi connectivity index (χ0n) is 12.2. The van der Waals surface area contributed by atoms with Gasteiger partial charge in [-0.15, -0.1) is 11.3 Å². The fraction of sp³-hybridized carbons (Fsp3) is 0.200. The van der Waals surface area contributed by atoms with Crippen LogP contribution in [0.4, 0.5) is 9.80 Å². The van der Waals surface area contributed by atoms with Gasteiger partial charge in [0.1, 0.15) is 11.9 Å². The number of carbonyl (C=O) groups excluding carboxylic acids is 1. The highest BCUT2D eigenvalue weighted by atomic mass is 32.1. The van der Waals surface area contributed by atoms with Crippen molar-refractivity contribution in [2.24, 2.45) is 0 Å². The minimum absolute atomic E-state index is 0.356. The van der Waals surface area contributed by atoms with Crippen LogP contribution < -0.4 is 15.4 Å². The van der Waals surface area contributed by atoms with Gasteiger partial charge in [-0.1, -0.05) is 12.1 Å². The number of aliphatic hydroxyl groups is 1. The Morgan fingerprint density at radius 2 is 1.91 bits per heavy atom. The Morgan fingerprint density at radius 1 is 1.22 bits per heavy atom. The number of urea groups is 1. The van der Waals surface area contributed by atoms with Crippen LogP contribution in [0, 0.1) is 0 Å². The fourth-order valence-electron chi connectivity index (χ4n) is 1.91. The highest BCUT2D eigenvalue weighted by molar-refractivity contribution is 7.14. The maximum atomic E-state index is 11.9. The Labute approximate surface area is 136 Å². The van der Waals surface area contributed by atoms with E-state index in [2.05, 4.69) is 10.6 Å². The number of nitrogens with one attached hydrogen (secondary N) is 2. The number of thiophene rings is 1. The molecule has 0 radical (unpaired) electrons. The largest absolute Gasteiger partial charge is 0.497 e. The van der Waals surface area contributed by atoms with Crippen LogP contribution in [0.15, 0.2) is 41.8 Å². The van der Waals surface area contributed by atoms with E-state index in [0.29, 0.717) is 16.3 Å². The predicted molar refractivity (Wildman–Crippen MR) is 85.9 cm³/mol. The number of aliphatic hydroxyl groups excluding tert-OH is 1. The normalized spacial score (nSPS) is 13.0. The molecule has 0 aliphatic heterocycles. The van der Waals surface area contributed by atoms with E-state index in [1.54, 1.807) is 29.6 Å². The summed E-state index contributed by atoms with van der Waals surface area (Å²) in [5, 5.41) is 26.6. The van der Waals surface area contributed by atoms with Crippen molar-refractivity contribution >= 4 is 28.3 Å². The standard InChI is InChI=1S/C15H16N2O5S/c1-22-10-6-4-9(5-7-10)13(18)12(14(19)20)17-15(21)16-11-3-2-8-23-11/h2-8,12-13,18H,1H3,(H,19,20)(H2,16,17,21). The molecular weight excluding hydrogens is 320 g/mol. The smallest absolute Gasteiger partial charge is 0.329 e. The second-order valence-electron chi connectivity index (χ2n) is 4.61. The van der Waals surface area contributed by atoms with Gasteiger partial charge < -0.3 is 20.3 Å². The highest BCUT2D eigenvalue weighted by Crippen LogP contribution is 2.21. The number of amides is 2. The van der Waals surface area contributed by atoms with E-state index in [9.17, 15) is 19.8 Å². The number of hydrogen-bond donors (Lipinski definition) is 4. The van der Waals surface area contributed by atoms with Gasteiger partial charge in [-0.25, -0.2) is 9.59 Å². The van der Waals surface area contributed by atoms with Crippen molar-refractivity contribution in [3.63, 3.8) is 0 Å². The van der Waals surface area contributed by atoms with Crippen molar-refractivity contribution < 1.29 is 24.5 Å². The second-order valence-corrected chi connectivity index (χ2v) is 5.56. The summed E-state index contributed by atoms with van der Waals surface area (Å²) < 4.78 is 5.00. The van der Waals surface area contributed by atoms with Gasteiger partial charge in [-0.3, -0.25) is 5.32 Å². The number of anilines is 1. The number of aliphatic carboxylic acids is 1. The summed E-state index contributed by atoms with van der Waals surface area (Å²) in [5.74, 6) is -0.758. The summed E-state index contributed by atoms with van der Waals surface area (Å²) in [6.07, 6.45) is -1.40. The lowest BCUT2D eigenvalue weighted by Gasteiger charge is -2.21. The number of carbonyl (C=O) groups is 2. The van der Waals surface area contributed by atoms with Crippen LogP contribution in [0.2, 0.25) is 0 Å². The summed E-state index contributed by atoms with van der Waals surface area (Å²) in [6, 6.07) is 7.53. The van der Waals surface area contributed by atoms with Crippen molar-refractivity contribution in [2.75, 3.05) is 12.4 Å². The molecule has 0 spiro atoms. The molecule has 0 aliphatic carbocycles. The second kappa shape index (κ2) is 7.61. The lowest BCUT2D eigenvalue weighted by atomic mass is 10.0. The third kappa shape index (κ3) is 4.44. The van der Waals surface area contributed by atoms with Crippen molar-refractivity contribution in [3.05, 3.63) is 47.3 Å². The minimum atomic E-state index is -1.48. The molecule has 4 N–H and O–H groups in total. The number of methoxy groups -OCH3 is 1. The molecule has 0 aliphatic rings. The first-order valence-corrected chi connectivity index (χ1v) is 7.55. The van der Waals surface area contributed by atoms with E-state index in [-0.39, 0.29) is 0 Å². The van der Waals surface area contributed by atoms with Crippen molar-refractivity contribution in [1.82, 2.24) is 5.32 Å². The molecule has 0 fully saturated rings. The van der Waals surface area contributed by atoms with Gasteiger partial charge in [0.15, 0.2) is 6.04 Å². The lowest BCUT2D eigenvalue weighted by molar-refractivity contribution is -0.142. The molecule has 2 amide bonds. The van der Waals surface area contributed by atoms with E-state index < -0.39 is 24.1 Å². The Bertz CT molecular complexity index is 657. The van der Waals surface area contributed by atoms with Gasteiger partial charge in [0.25, 0.3) is 0 Å². The molecule has 7 nitrogen and oxygen atoms in total. The lowest BCUT2D eigenvalue weighted by Crippen LogP contribution is -2.46. The third-order valence-corrected chi connectivity index (χ3v) is 3.87. The fourth-order valence-corrected chi connectivity index (χ4v) is 2.52. The predicted octanol–water partition coefficient (Wildman–Crippen LogP) is 2.07. The summed E-state index contributed by atoms with van der Waals surface area (Å²) in [7, 11) is 1.50. The number of benzene rings is 1. The highest BCUT2D eigenvalue weighted by Gasteiger charge is 2.29. The molecule has 1 heterocycles. The molecule has 8 heteroatoms. The molecule has 2 atom stereocenters. The van der Waals surface area contributed by atoms with Crippen LogP contribution in [-0.4, -0.2) is 35.4 Å². The average Bonchev–Trinajstić information content (AvgIpc) is 3.04. The molecule has 23 heavy (non-hydrogen) atoms. The molecule has 0 saturated carbocycles. The van der Waals surface area contributed by atoms with Gasteiger partial charge in [0.05, 0.1) is 12.1 Å². The van der Waals surface area contributed by atoms with Gasteiger partial charge in [-0.05, 0) is 35.2 Å². The van der Waals surface area contributed by atoms with Crippen molar-refractivity contribution in [1.29, 1.82) is 0 Å². The molecule has 0 bridgehead atoms. The van der Waals surface area contributed by atoms with Gasteiger partial charge >= 0.3 is 12.0 Å². The van der Waals surface area contributed by atoms with Gasteiger partial charge in [0, 0.05) is 0 Å². The van der Waals surface area contributed by atoms with E-state index in [1.807, 2.05) is 0 Å². The molecule has 1 aromatic heterocycles. The SMILES string of the molecule is COc1ccc(C(O)C(NC(=O)Nc2cccs2)C(=O)O)cc1. The van der Waals surface area contributed by atoms with E-state index >= 15 is 0 Å². The van der Waals surface area contributed by atoms with Gasteiger partial charge in [0.2, 0.25) is 0 Å². The van der Waals surface area contributed by atoms with Crippen LogP contribution >= 0.6 is 11.3 Å². The molecule has 2 aromatic rings. The van der Waals surface area contributed by atoms with Crippen LogP contribution in [0.5, 0.6) is 5.75 Å². The first-order chi connectivity index (χ1) is 11.0. The van der Waals surface area contributed by atoms with E-state index in [4.69, 9.17) is 4.74 Å².